The number of ether oxygens (including phenoxy) is 1. The zero-order valence-corrected chi connectivity index (χ0v) is 25.7. The largest absolute Gasteiger partial charge is 0.480 e. The van der Waals surface area contributed by atoms with Crippen molar-refractivity contribution in [2.75, 3.05) is 52.4 Å². The molecule has 0 heterocycles. The molecular weight excluding hydrogens is 582 g/mol. The Morgan fingerprint density at radius 3 is 1.23 bits per heavy atom. The molecule has 0 radical (unpaired) electrons. The van der Waals surface area contributed by atoms with Gasteiger partial charge in [0, 0.05) is 13.0 Å². The van der Waals surface area contributed by atoms with Crippen molar-refractivity contribution in [3.05, 3.63) is 0 Å². The number of hydrogen-bond acceptors (Lipinski definition) is 9. The molecule has 4 N–H and O–H groups in total. The van der Waals surface area contributed by atoms with Gasteiger partial charge in [-0.25, -0.2) is 0 Å². The van der Waals surface area contributed by atoms with E-state index in [2.05, 4.69) is 6.92 Å². The van der Waals surface area contributed by atoms with Crippen LogP contribution in [0.5, 0.6) is 0 Å². The molecule has 0 aliphatic rings. The van der Waals surface area contributed by atoms with Gasteiger partial charge in [0.25, 0.3) is 0 Å². The fourth-order valence-corrected chi connectivity index (χ4v) is 4.39. The average molecular weight is 632 g/mol. The molecule has 0 rings (SSSR count). The maximum atomic E-state index is 12.7. The SMILES string of the molecule is CCCCCCCCCCCCCC(=O)OCCCN(CC(=O)N(CC(=O)O)CC(=O)O)CC(=O)N(CC(=O)O)CC(=O)O. The van der Waals surface area contributed by atoms with Gasteiger partial charge >= 0.3 is 29.8 Å². The smallest absolute Gasteiger partial charge is 0.323 e. The van der Waals surface area contributed by atoms with E-state index < -0.39 is 80.9 Å². The molecule has 15 nitrogen and oxygen atoms in total. The Balaban J connectivity index is 4.86. The Morgan fingerprint density at radius 2 is 0.864 bits per heavy atom. The van der Waals surface area contributed by atoms with E-state index >= 15 is 0 Å². The van der Waals surface area contributed by atoms with E-state index in [1.165, 1.54) is 49.8 Å². The van der Waals surface area contributed by atoms with Crippen molar-refractivity contribution in [1.82, 2.24) is 14.7 Å². The Hall–Kier alpha value is -3.75. The summed E-state index contributed by atoms with van der Waals surface area (Å²) in [6.45, 7) is -2.79. The molecule has 0 unspecified atom stereocenters. The highest BCUT2D eigenvalue weighted by atomic mass is 16.5. The van der Waals surface area contributed by atoms with Crippen LogP contribution in [0.1, 0.15) is 90.4 Å². The molecule has 0 spiro atoms. The number of esters is 1. The third kappa shape index (κ3) is 22.8. The molecule has 2 amide bonds. The van der Waals surface area contributed by atoms with Crippen LogP contribution in [-0.2, 0) is 38.3 Å². The lowest BCUT2D eigenvalue weighted by Gasteiger charge is -2.27. The van der Waals surface area contributed by atoms with E-state index in [1.54, 1.807) is 0 Å². The van der Waals surface area contributed by atoms with E-state index in [9.17, 15) is 33.6 Å². The van der Waals surface area contributed by atoms with Crippen molar-refractivity contribution in [2.24, 2.45) is 0 Å². The summed E-state index contributed by atoms with van der Waals surface area (Å²) in [6, 6.07) is 0. The number of unbranched alkanes of at least 4 members (excludes halogenated alkanes) is 10. The predicted octanol–water partition coefficient (Wildman–Crippen LogP) is 1.92. The monoisotopic (exact) mass is 631 g/mol. The van der Waals surface area contributed by atoms with E-state index in [-0.39, 0.29) is 26.0 Å². The van der Waals surface area contributed by atoms with Gasteiger partial charge in [0.15, 0.2) is 0 Å². The minimum atomic E-state index is -1.46. The Kier molecular flexibility index (Phi) is 22.6. The molecule has 0 aromatic heterocycles. The summed E-state index contributed by atoms with van der Waals surface area (Å²) in [6.07, 6.45) is 12.9. The second-order valence-electron chi connectivity index (χ2n) is 10.6. The lowest BCUT2D eigenvalue weighted by Crippen LogP contribution is -2.49. The fourth-order valence-electron chi connectivity index (χ4n) is 4.39. The first-order valence-corrected chi connectivity index (χ1v) is 15.2. The number of carboxylic acid groups (broad SMARTS) is 4. The maximum absolute atomic E-state index is 12.7. The molecule has 0 bridgehead atoms. The summed E-state index contributed by atoms with van der Waals surface area (Å²) >= 11 is 0. The van der Waals surface area contributed by atoms with Crippen LogP contribution in [0.4, 0.5) is 0 Å². The molecule has 15 heteroatoms. The number of hydrogen-bond donors (Lipinski definition) is 4. The first-order chi connectivity index (χ1) is 20.8. The van der Waals surface area contributed by atoms with E-state index in [0.29, 0.717) is 16.2 Å². The number of carboxylic acids is 4. The maximum Gasteiger partial charge on any atom is 0.323 e. The van der Waals surface area contributed by atoms with Crippen LogP contribution in [-0.4, -0.2) is 129 Å². The zero-order chi connectivity index (χ0) is 33.3. The van der Waals surface area contributed by atoms with Crippen LogP contribution in [0.3, 0.4) is 0 Å². The van der Waals surface area contributed by atoms with Crippen LogP contribution in [0.2, 0.25) is 0 Å². The molecule has 0 aromatic rings. The van der Waals surface area contributed by atoms with Gasteiger partial charge in [-0.1, -0.05) is 71.1 Å². The van der Waals surface area contributed by atoms with Gasteiger partial charge in [0.2, 0.25) is 11.8 Å². The Morgan fingerprint density at radius 1 is 0.500 bits per heavy atom. The molecule has 0 saturated carbocycles. The minimum absolute atomic E-state index is 0.0504. The number of rotatable bonds is 28. The zero-order valence-electron chi connectivity index (χ0n) is 25.7. The molecule has 0 aromatic carbocycles. The van der Waals surface area contributed by atoms with Gasteiger partial charge in [0.05, 0.1) is 19.7 Å². The van der Waals surface area contributed by atoms with Crippen molar-refractivity contribution < 1.29 is 58.7 Å². The van der Waals surface area contributed by atoms with Gasteiger partial charge in [-0.2, -0.15) is 0 Å². The van der Waals surface area contributed by atoms with Gasteiger partial charge in [-0.15, -0.1) is 0 Å². The third-order valence-corrected chi connectivity index (χ3v) is 6.59. The van der Waals surface area contributed by atoms with Crippen LogP contribution in [0, 0.1) is 0 Å². The first-order valence-electron chi connectivity index (χ1n) is 15.2. The average Bonchev–Trinajstić information content (AvgIpc) is 2.92. The van der Waals surface area contributed by atoms with Gasteiger partial charge in [-0.05, 0) is 12.8 Å². The summed E-state index contributed by atoms with van der Waals surface area (Å²) in [4.78, 5) is 84.3. The van der Waals surface area contributed by atoms with Gasteiger partial charge in [0.1, 0.15) is 26.2 Å². The van der Waals surface area contributed by atoms with Gasteiger partial charge in [-0.3, -0.25) is 38.5 Å². The topological polar surface area (TPSA) is 219 Å². The van der Waals surface area contributed by atoms with E-state index in [0.717, 1.165) is 19.3 Å². The highest BCUT2D eigenvalue weighted by Gasteiger charge is 2.26. The molecular formula is C29H49N3O12. The molecule has 0 aliphatic carbocycles. The van der Waals surface area contributed by atoms with Crippen molar-refractivity contribution in [3.63, 3.8) is 0 Å². The summed E-state index contributed by atoms with van der Waals surface area (Å²) in [7, 11) is 0. The molecule has 0 fully saturated rings. The number of amides is 2. The highest BCUT2D eigenvalue weighted by molar-refractivity contribution is 5.88. The second-order valence-corrected chi connectivity index (χ2v) is 10.6. The lowest BCUT2D eigenvalue weighted by atomic mass is 10.1. The molecule has 252 valence electrons. The summed E-state index contributed by atoms with van der Waals surface area (Å²) in [5, 5.41) is 36.1. The number of carbonyl (C=O) groups excluding carboxylic acids is 3. The van der Waals surface area contributed by atoms with E-state index in [1.807, 2.05) is 0 Å². The van der Waals surface area contributed by atoms with Crippen molar-refractivity contribution in [2.45, 2.75) is 90.4 Å². The molecule has 0 saturated heterocycles. The lowest BCUT2D eigenvalue weighted by molar-refractivity contribution is -0.151. The molecule has 0 aliphatic heterocycles. The van der Waals surface area contributed by atoms with Crippen LogP contribution in [0.15, 0.2) is 0 Å². The standard InChI is InChI=1S/C29H49N3O12/c1-2-3-4-5-6-7-8-9-10-11-12-14-29(43)44-16-13-15-30(17-23(33)31(19-25(35)36)20-26(37)38)18-24(34)32(21-27(39)40)22-28(41)42/h2-22H2,1H3,(H,35,36)(H,37,38)(H,39,40)(H,41,42). The Labute approximate surface area is 258 Å². The Bertz CT molecular complexity index is 845. The van der Waals surface area contributed by atoms with Crippen molar-refractivity contribution in [3.8, 4) is 0 Å². The van der Waals surface area contributed by atoms with Crippen molar-refractivity contribution >= 4 is 41.7 Å². The van der Waals surface area contributed by atoms with Gasteiger partial charge < -0.3 is 35.0 Å². The fraction of sp³-hybridized carbons (Fsp3) is 0.759. The first kappa shape index (κ1) is 40.2. The summed E-state index contributed by atoms with van der Waals surface area (Å²) < 4.78 is 5.23. The quantitative estimate of drug-likeness (QED) is 0.0717. The molecule has 0 atom stereocenters. The number of aliphatic carboxylic acids is 4. The predicted molar refractivity (Wildman–Crippen MR) is 157 cm³/mol. The van der Waals surface area contributed by atoms with Crippen LogP contribution >= 0.6 is 0 Å². The second kappa shape index (κ2) is 24.7. The van der Waals surface area contributed by atoms with Crippen LogP contribution < -0.4 is 0 Å². The van der Waals surface area contributed by atoms with E-state index in [4.69, 9.17) is 25.2 Å². The minimum Gasteiger partial charge on any atom is -0.480 e. The third-order valence-electron chi connectivity index (χ3n) is 6.59. The summed E-state index contributed by atoms with van der Waals surface area (Å²) in [5.74, 6) is -8.09. The normalized spacial score (nSPS) is 10.8. The number of carbonyl (C=O) groups is 7. The highest BCUT2D eigenvalue weighted by Crippen LogP contribution is 2.12. The molecule has 44 heavy (non-hydrogen) atoms. The number of nitrogens with zero attached hydrogens (tertiary/aromatic N) is 3. The van der Waals surface area contributed by atoms with Crippen LogP contribution in [0.25, 0.3) is 0 Å². The van der Waals surface area contributed by atoms with Crippen molar-refractivity contribution in [1.29, 1.82) is 0 Å². The summed E-state index contributed by atoms with van der Waals surface area (Å²) in [5.41, 5.74) is 0.